The Morgan fingerprint density at radius 3 is 2.17 bits per heavy atom. The van der Waals surface area contributed by atoms with E-state index in [2.05, 4.69) is 6.92 Å². The number of hydrogen-bond donors (Lipinski definition) is 0. The average molecular weight is 168 g/mol. The molecule has 1 saturated heterocycles. The molecule has 3 rings (SSSR count). The lowest BCUT2D eigenvalue weighted by Crippen LogP contribution is -2.28. The number of rotatable bonds is 0. The molecule has 1 heterocycles. The Kier molecular flexibility index (Phi) is 1.10. The molecule has 4 atom stereocenters. The van der Waals surface area contributed by atoms with Crippen LogP contribution in [0.25, 0.3) is 0 Å². The predicted molar refractivity (Wildman–Crippen MR) is 40.5 cm³/mol. The Labute approximate surface area is 71.0 Å². The van der Waals surface area contributed by atoms with Crippen LogP contribution in [-0.4, -0.2) is 18.4 Å². The lowest BCUT2D eigenvalue weighted by atomic mass is 9.95. The van der Waals surface area contributed by atoms with Crippen molar-refractivity contribution in [1.29, 1.82) is 0 Å². The van der Waals surface area contributed by atoms with Crippen LogP contribution < -0.4 is 0 Å². The van der Waals surface area contributed by atoms with Crippen LogP contribution in [0.15, 0.2) is 0 Å². The standard InChI is InChI=1S/C9H12O3/c1-4-5-2-3-6(4)8-7(5)11-9(10)12-8/h4-8H,2-3H2,1H3. The van der Waals surface area contributed by atoms with Crippen molar-refractivity contribution in [3.8, 4) is 0 Å². The van der Waals surface area contributed by atoms with Gasteiger partial charge in [-0.15, -0.1) is 0 Å². The van der Waals surface area contributed by atoms with Gasteiger partial charge in [0.2, 0.25) is 0 Å². The Morgan fingerprint density at radius 1 is 1.17 bits per heavy atom. The third kappa shape index (κ3) is 0.609. The van der Waals surface area contributed by atoms with Crippen molar-refractivity contribution in [3.63, 3.8) is 0 Å². The van der Waals surface area contributed by atoms with Gasteiger partial charge >= 0.3 is 6.16 Å². The number of ether oxygens (including phenoxy) is 2. The molecule has 3 fully saturated rings. The highest BCUT2D eigenvalue weighted by Crippen LogP contribution is 2.53. The molecule has 4 unspecified atom stereocenters. The summed E-state index contributed by atoms with van der Waals surface area (Å²) in [5.41, 5.74) is 0. The van der Waals surface area contributed by atoms with E-state index < -0.39 is 6.16 Å². The van der Waals surface area contributed by atoms with Gasteiger partial charge in [-0.05, 0) is 18.8 Å². The Morgan fingerprint density at radius 2 is 1.67 bits per heavy atom. The molecular weight excluding hydrogens is 156 g/mol. The Hall–Kier alpha value is -0.730. The fourth-order valence-electron chi connectivity index (χ4n) is 3.20. The second kappa shape index (κ2) is 1.95. The van der Waals surface area contributed by atoms with E-state index in [1.54, 1.807) is 0 Å². The summed E-state index contributed by atoms with van der Waals surface area (Å²) in [5, 5.41) is 0. The van der Waals surface area contributed by atoms with E-state index in [1.165, 1.54) is 12.8 Å². The summed E-state index contributed by atoms with van der Waals surface area (Å²) in [7, 11) is 0. The fourth-order valence-corrected chi connectivity index (χ4v) is 3.20. The quantitative estimate of drug-likeness (QED) is 0.515. The molecule has 0 aromatic rings. The van der Waals surface area contributed by atoms with E-state index >= 15 is 0 Å². The third-order valence-corrected chi connectivity index (χ3v) is 3.82. The number of carbonyl (C=O) groups is 1. The van der Waals surface area contributed by atoms with Crippen molar-refractivity contribution in [1.82, 2.24) is 0 Å². The molecule has 0 amide bonds. The van der Waals surface area contributed by atoms with Crippen LogP contribution in [0.2, 0.25) is 0 Å². The van der Waals surface area contributed by atoms with E-state index in [9.17, 15) is 4.79 Å². The normalized spacial score (nSPS) is 55.1. The van der Waals surface area contributed by atoms with Crippen LogP contribution in [0.1, 0.15) is 19.8 Å². The second-order valence-electron chi connectivity index (χ2n) is 4.18. The molecule has 0 aromatic carbocycles. The lowest BCUT2D eigenvalue weighted by molar-refractivity contribution is 0.0921. The molecule has 3 aliphatic rings. The van der Waals surface area contributed by atoms with Crippen LogP contribution in [0.5, 0.6) is 0 Å². The van der Waals surface area contributed by atoms with E-state index in [0.717, 1.165) is 0 Å². The summed E-state index contributed by atoms with van der Waals surface area (Å²) in [6.45, 7) is 2.25. The highest BCUT2D eigenvalue weighted by molar-refractivity contribution is 5.63. The number of fused-ring (bicyclic) bond motifs is 5. The molecule has 2 saturated carbocycles. The first-order valence-electron chi connectivity index (χ1n) is 4.64. The van der Waals surface area contributed by atoms with Crippen LogP contribution in [0.4, 0.5) is 4.79 Å². The third-order valence-electron chi connectivity index (χ3n) is 3.82. The van der Waals surface area contributed by atoms with Gasteiger partial charge in [0, 0.05) is 11.8 Å². The summed E-state index contributed by atoms with van der Waals surface area (Å²) in [6, 6.07) is 0. The average Bonchev–Trinajstić information content (AvgIpc) is 2.60. The van der Waals surface area contributed by atoms with E-state index in [0.29, 0.717) is 17.8 Å². The molecule has 3 heteroatoms. The summed E-state index contributed by atoms with van der Waals surface area (Å²) in [6.07, 6.45) is 2.15. The van der Waals surface area contributed by atoms with Crippen LogP contribution in [0, 0.1) is 17.8 Å². The summed E-state index contributed by atoms with van der Waals surface area (Å²) < 4.78 is 10.3. The largest absolute Gasteiger partial charge is 0.509 e. The van der Waals surface area contributed by atoms with Crippen molar-refractivity contribution in [3.05, 3.63) is 0 Å². The van der Waals surface area contributed by atoms with Gasteiger partial charge in [0.25, 0.3) is 0 Å². The van der Waals surface area contributed by atoms with Crippen molar-refractivity contribution in [2.75, 3.05) is 0 Å². The van der Waals surface area contributed by atoms with Gasteiger partial charge in [-0.1, -0.05) is 6.92 Å². The zero-order valence-electron chi connectivity index (χ0n) is 7.03. The molecule has 3 nitrogen and oxygen atoms in total. The number of hydrogen-bond acceptors (Lipinski definition) is 3. The van der Waals surface area contributed by atoms with Gasteiger partial charge in [0.15, 0.2) is 0 Å². The van der Waals surface area contributed by atoms with E-state index in [4.69, 9.17) is 9.47 Å². The summed E-state index contributed by atoms with van der Waals surface area (Å²) in [5.74, 6) is 1.84. The first kappa shape index (κ1) is 6.75. The van der Waals surface area contributed by atoms with Crippen LogP contribution in [-0.2, 0) is 9.47 Å². The number of carbonyl (C=O) groups excluding carboxylic acids is 1. The molecule has 66 valence electrons. The molecule has 1 aliphatic heterocycles. The van der Waals surface area contributed by atoms with Gasteiger partial charge in [-0.2, -0.15) is 0 Å². The van der Waals surface area contributed by atoms with Gasteiger partial charge in [0.1, 0.15) is 12.2 Å². The van der Waals surface area contributed by atoms with Crippen molar-refractivity contribution in [2.45, 2.75) is 32.0 Å². The maximum Gasteiger partial charge on any atom is 0.509 e. The zero-order valence-corrected chi connectivity index (χ0v) is 7.03. The first-order chi connectivity index (χ1) is 5.77. The Balaban J connectivity index is 1.93. The predicted octanol–water partition coefficient (Wildman–Crippen LogP) is 1.57. The maximum atomic E-state index is 10.8. The molecule has 0 spiro atoms. The monoisotopic (exact) mass is 168 g/mol. The van der Waals surface area contributed by atoms with E-state index in [-0.39, 0.29) is 12.2 Å². The topological polar surface area (TPSA) is 35.5 Å². The smallest absolute Gasteiger partial charge is 0.427 e. The van der Waals surface area contributed by atoms with Crippen molar-refractivity contribution in [2.24, 2.45) is 17.8 Å². The van der Waals surface area contributed by atoms with Crippen molar-refractivity contribution >= 4 is 6.16 Å². The van der Waals surface area contributed by atoms with Crippen molar-refractivity contribution < 1.29 is 14.3 Å². The molecule has 2 aliphatic carbocycles. The molecule has 2 bridgehead atoms. The maximum absolute atomic E-state index is 10.8. The highest BCUT2D eigenvalue weighted by Gasteiger charge is 2.59. The molecule has 0 aromatic heterocycles. The summed E-state index contributed by atoms with van der Waals surface area (Å²) >= 11 is 0. The van der Waals surface area contributed by atoms with E-state index in [1.807, 2.05) is 0 Å². The minimum Gasteiger partial charge on any atom is -0.427 e. The van der Waals surface area contributed by atoms with Crippen LogP contribution in [0.3, 0.4) is 0 Å². The van der Waals surface area contributed by atoms with Gasteiger partial charge in [-0.3, -0.25) is 0 Å². The Bertz CT molecular complexity index is 216. The van der Waals surface area contributed by atoms with Crippen LogP contribution >= 0.6 is 0 Å². The minimum absolute atomic E-state index is 0.0891. The first-order valence-corrected chi connectivity index (χ1v) is 4.64. The van der Waals surface area contributed by atoms with Gasteiger partial charge in [0.05, 0.1) is 0 Å². The van der Waals surface area contributed by atoms with Gasteiger partial charge in [-0.25, -0.2) is 4.79 Å². The second-order valence-corrected chi connectivity index (χ2v) is 4.18. The fraction of sp³-hybridized carbons (Fsp3) is 0.889. The van der Waals surface area contributed by atoms with Gasteiger partial charge < -0.3 is 9.47 Å². The molecular formula is C9H12O3. The zero-order chi connectivity index (χ0) is 8.29. The SMILES string of the molecule is CC1C2CCC1C1OC(=O)OC21. The molecule has 0 N–H and O–H groups in total. The minimum atomic E-state index is -0.450. The lowest BCUT2D eigenvalue weighted by Gasteiger charge is -2.18. The summed E-state index contributed by atoms with van der Waals surface area (Å²) in [4.78, 5) is 10.8. The molecule has 0 radical (unpaired) electrons. The molecule has 12 heavy (non-hydrogen) atoms. The highest BCUT2D eigenvalue weighted by atomic mass is 16.8.